The molecule has 1 saturated carbocycles. The predicted octanol–water partition coefficient (Wildman–Crippen LogP) is 5.07. The van der Waals surface area contributed by atoms with Gasteiger partial charge in [-0.05, 0) is 48.9 Å². The standard InChI is InChI=1S/C20H17Cl2NO2/c21-14-7-9-18(17(22)11-14)23-19(24)15-8-6-13(10-16(15)20(23)25)12-4-2-1-3-5-12/h1-5,7,9,11,13,15-16H,6,8,10H2. The van der Waals surface area contributed by atoms with Gasteiger partial charge in [0.2, 0.25) is 11.8 Å². The van der Waals surface area contributed by atoms with E-state index in [4.69, 9.17) is 23.2 Å². The molecule has 1 saturated heterocycles. The average Bonchev–Trinajstić information content (AvgIpc) is 2.87. The molecule has 2 amide bonds. The largest absolute Gasteiger partial charge is 0.274 e. The molecule has 25 heavy (non-hydrogen) atoms. The second-order valence-electron chi connectivity index (χ2n) is 6.74. The number of amides is 2. The maximum atomic E-state index is 13.0. The third-order valence-corrected chi connectivity index (χ3v) is 5.88. The zero-order valence-electron chi connectivity index (χ0n) is 13.5. The summed E-state index contributed by atoms with van der Waals surface area (Å²) in [6.45, 7) is 0. The normalized spacial score (nSPS) is 26.0. The molecule has 2 aliphatic rings. The Balaban J connectivity index is 1.63. The van der Waals surface area contributed by atoms with Gasteiger partial charge in [0.1, 0.15) is 0 Å². The molecule has 3 atom stereocenters. The lowest BCUT2D eigenvalue weighted by Crippen LogP contribution is -2.31. The monoisotopic (exact) mass is 373 g/mol. The van der Waals surface area contributed by atoms with Gasteiger partial charge in [-0.1, -0.05) is 53.5 Å². The molecule has 3 unspecified atom stereocenters. The molecule has 1 aliphatic carbocycles. The first-order valence-corrected chi connectivity index (χ1v) is 9.19. The average molecular weight is 374 g/mol. The highest BCUT2D eigenvalue weighted by Crippen LogP contribution is 2.46. The SMILES string of the molecule is O=C1C2CCC(c3ccccc3)CC2C(=O)N1c1ccc(Cl)cc1Cl. The van der Waals surface area contributed by atoms with E-state index in [-0.39, 0.29) is 23.7 Å². The Morgan fingerprint density at radius 3 is 2.32 bits per heavy atom. The Labute approximate surface area is 156 Å². The zero-order chi connectivity index (χ0) is 17.6. The maximum Gasteiger partial charge on any atom is 0.237 e. The maximum absolute atomic E-state index is 13.0. The van der Waals surface area contributed by atoms with Crippen LogP contribution in [-0.2, 0) is 9.59 Å². The van der Waals surface area contributed by atoms with Gasteiger partial charge in [-0.2, -0.15) is 0 Å². The number of hydrogen-bond donors (Lipinski definition) is 0. The second-order valence-corrected chi connectivity index (χ2v) is 7.58. The summed E-state index contributed by atoms with van der Waals surface area (Å²) in [5.74, 6) is -0.456. The van der Waals surface area contributed by atoms with Crippen molar-refractivity contribution in [1.29, 1.82) is 0 Å². The fraction of sp³-hybridized carbons (Fsp3) is 0.300. The van der Waals surface area contributed by atoms with Crippen molar-refractivity contribution >= 4 is 40.7 Å². The molecule has 0 bridgehead atoms. The van der Waals surface area contributed by atoms with Crippen LogP contribution in [0.25, 0.3) is 0 Å². The van der Waals surface area contributed by atoms with E-state index < -0.39 is 0 Å². The predicted molar refractivity (Wildman–Crippen MR) is 99.0 cm³/mol. The zero-order valence-corrected chi connectivity index (χ0v) is 15.0. The first-order valence-electron chi connectivity index (χ1n) is 8.44. The van der Waals surface area contributed by atoms with Crippen LogP contribution >= 0.6 is 23.2 Å². The summed E-state index contributed by atoms with van der Waals surface area (Å²) in [7, 11) is 0. The Hall–Kier alpha value is -1.84. The molecular formula is C20H17Cl2NO2. The lowest BCUT2D eigenvalue weighted by Gasteiger charge is -2.28. The highest BCUT2D eigenvalue weighted by atomic mass is 35.5. The molecule has 0 radical (unpaired) electrons. The smallest absolute Gasteiger partial charge is 0.237 e. The summed E-state index contributed by atoms with van der Waals surface area (Å²) in [4.78, 5) is 27.1. The van der Waals surface area contributed by atoms with Gasteiger partial charge in [-0.3, -0.25) is 9.59 Å². The molecule has 0 spiro atoms. The summed E-state index contributed by atoms with van der Waals surface area (Å²) < 4.78 is 0. The quantitative estimate of drug-likeness (QED) is 0.689. The number of hydrogen-bond acceptors (Lipinski definition) is 2. The molecule has 0 aromatic heterocycles. The summed E-state index contributed by atoms with van der Waals surface area (Å²) in [6.07, 6.45) is 2.36. The number of rotatable bonds is 2. The molecule has 1 aliphatic heterocycles. The van der Waals surface area contributed by atoms with Crippen LogP contribution in [0, 0.1) is 11.8 Å². The van der Waals surface area contributed by atoms with Gasteiger partial charge < -0.3 is 0 Å². The Morgan fingerprint density at radius 1 is 0.880 bits per heavy atom. The summed E-state index contributed by atoms with van der Waals surface area (Å²) in [5.41, 5.74) is 1.68. The number of carbonyl (C=O) groups is 2. The van der Waals surface area contributed by atoms with E-state index in [1.54, 1.807) is 18.2 Å². The molecule has 128 valence electrons. The molecule has 1 heterocycles. The van der Waals surface area contributed by atoms with Gasteiger partial charge >= 0.3 is 0 Å². The number of benzene rings is 2. The van der Waals surface area contributed by atoms with Crippen LogP contribution in [0.2, 0.25) is 10.0 Å². The van der Waals surface area contributed by atoms with Crippen LogP contribution in [0.5, 0.6) is 0 Å². The number of fused-ring (bicyclic) bond motifs is 1. The van der Waals surface area contributed by atoms with E-state index in [0.29, 0.717) is 28.1 Å². The Morgan fingerprint density at radius 2 is 1.60 bits per heavy atom. The van der Waals surface area contributed by atoms with Gasteiger partial charge in [-0.25, -0.2) is 4.90 Å². The van der Waals surface area contributed by atoms with Crippen molar-refractivity contribution in [2.75, 3.05) is 4.90 Å². The van der Waals surface area contributed by atoms with E-state index >= 15 is 0 Å². The highest BCUT2D eigenvalue weighted by molar-refractivity contribution is 6.38. The van der Waals surface area contributed by atoms with Crippen molar-refractivity contribution in [3.63, 3.8) is 0 Å². The van der Waals surface area contributed by atoms with Crippen molar-refractivity contribution < 1.29 is 9.59 Å². The summed E-state index contributed by atoms with van der Waals surface area (Å²) >= 11 is 12.2. The van der Waals surface area contributed by atoms with E-state index in [2.05, 4.69) is 12.1 Å². The minimum atomic E-state index is -0.266. The topological polar surface area (TPSA) is 37.4 Å². The number of halogens is 2. The molecule has 2 aromatic rings. The minimum absolute atomic E-state index is 0.134. The molecule has 2 fully saturated rings. The van der Waals surface area contributed by atoms with Crippen LogP contribution in [-0.4, -0.2) is 11.8 Å². The van der Waals surface area contributed by atoms with Gasteiger partial charge in [-0.15, -0.1) is 0 Å². The van der Waals surface area contributed by atoms with Crippen molar-refractivity contribution in [2.45, 2.75) is 25.2 Å². The fourth-order valence-corrected chi connectivity index (χ4v) is 4.60. The molecule has 3 nitrogen and oxygen atoms in total. The summed E-state index contributed by atoms with van der Waals surface area (Å²) in [6, 6.07) is 15.1. The van der Waals surface area contributed by atoms with E-state index in [0.717, 1.165) is 12.8 Å². The lowest BCUT2D eigenvalue weighted by molar-refractivity contribution is -0.122. The molecular weight excluding hydrogens is 357 g/mol. The van der Waals surface area contributed by atoms with E-state index in [9.17, 15) is 9.59 Å². The van der Waals surface area contributed by atoms with Crippen LogP contribution < -0.4 is 4.90 Å². The van der Waals surface area contributed by atoms with E-state index in [1.165, 1.54) is 10.5 Å². The number of anilines is 1. The van der Waals surface area contributed by atoms with Crippen molar-refractivity contribution in [3.05, 3.63) is 64.1 Å². The minimum Gasteiger partial charge on any atom is -0.274 e. The van der Waals surface area contributed by atoms with Gasteiger partial charge in [0.15, 0.2) is 0 Å². The third-order valence-electron chi connectivity index (χ3n) is 5.35. The van der Waals surface area contributed by atoms with Crippen molar-refractivity contribution in [2.24, 2.45) is 11.8 Å². The van der Waals surface area contributed by atoms with Gasteiger partial charge in [0.05, 0.1) is 22.5 Å². The van der Waals surface area contributed by atoms with Gasteiger partial charge in [0, 0.05) is 5.02 Å². The number of nitrogens with zero attached hydrogens (tertiary/aromatic N) is 1. The third kappa shape index (κ3) is 2.86. The lowest BCUT2D eigenvalue weighted by atomic mass is 9.73. The number of imide groups is 1. The Kier molecular flexibility index (Phi) is 4.30. The second kappa shape index (κ2) is 6.47. The molecule has 0 N–H and O–H groups in total. The first kappa shape index (κ1) is 16.6. The fourth-order valence-electron chi connectivity index (χ4n) is 4.11. The Bertz CT molecular complexity index is 837. The highest BCUT2D eigenvalue weighted by Gasteiger charge is 2.51. The van der Waals surface area contributed by atoms with Gasteiger partial charge in [0.25, 0.3) is 0 Å². The molecule has 5 heteroatoms. The van der Waals surface area contributed by atoms with Crippen LogP contribution in [0.4, 0.5) is 5.69 Å². The van der Waals surface area contributed by atoms with Crippen LogP contribution in [0.3, 0.4) is 0 Å². The molecule has 2 aromatic carbocycles. The number of carbonyl (C=O) groups excluding carboxylic acids is 2. The van der Waals surface area contributed by atoms with Crippen molar-refractivity contribution in [3.8, 4) is 0 Å². The molecule has 4 rings (SSSR count). The van der Waals surface area contributed by atoms with Crippen molar-refractivity contribution in [1.82, 2.24) is 0 Å². The van der Waals surface area contributed by atoms with Crippen LogP contribution in [0.1, 0.15) is 30.7 Å². The first-order chi connectivity index (χ1) is 12.1. The van der Waals surface area contributed by atoms with Crippen LogP contribution in [0.15, 0.2) is 48.5 Å². The van der Waals surface area contributed by atoms with E-state index in [1.807, 2.05) is 18.2 Å². The summed E-state index contributed by atoms with van der Waals surface area (Å²) in [5, 5.41) is 0.807.